The fourth-order valence-electron chi connectivity index (χ4n) is 6.87. The van der Waals surface area contributed by atoms with Crippen LogP contribution in [0.3, 0.4) is 0 Å². The number of benzene rings is 1. The second-order valence-corrected chi connectivity index (χ2v) is 17.0. The van der Waals surface area contributed by atoms with E-state index in [9.17, 15) is 22.8 Å². The summed E-state index contributed by atoms with van der Waals surface area (Å²) in [6.07, 6.45) is 6.41. The molecule has 0 unspecified atom stereocenters. The second kappa shape index (κ2) is 14.5. The SMILES string of the molecule is COc1ccc2c(O[C@@H]3C[C@H]4C(=O)N[C@@]5(C(=O)NS(=O)(=O)N(C)C)C[C@@H]5/C=C\CCCCN(C)C(=O)[C@@H]4C3)cc(-c3nc(C(C)C)cs3)nc2c1. The summed E-state index contributed by atoms with van der Waals surface area (Å²) in [5.74, 6) is -1.90. The summed E-state index contributed by atoms with van der Waals surface area (Å²) in [6, 6.07) is 7.40. The number of nitrogens with zero attached hydrogens (tertiary/aromatic N) is 4. The van der Waals surface area contributed by atoms with E-state index in [1.807, 2.05) is 41.8 Å². The quantitative estimate of drug-likeness (QED) is 0.322. The van der Waals surface area contributed by atoms with Gasteiger partial charge in [-0.15, -0.1) is 11.3 Å². The van der Waals surface area contributed by atoms with E-state index >= 15 is 0 Å². The molecule has 0 radical (unpaired) electrons. The number of carbonyl (C=O) groups is 3. The maximum absolute atomic E-state index is 14.2. The molecule has 1 aliphatic heterocycles. The van der Waals surface area contributed by atoms with Crippen molar-refractivity contribution in [2.75, 3.05) is 34.8 Å². The van der Waals surface area contributed by atoms with Crippen LogP contribution in [0.15, 0.2) is 41.8 Å². The van der Waals surface area contributed by atoms with E-state index < -0.39 is 45.5 Å². The van der Waals surface area contributed by atoms with E-state index in [0.29, 0.717) is 29.3 Å². The van der Waals surface area contributed by atoms with Crippen LogP contribution in [0, 0.1) is 17.8 Å². The molecule has 3 amide bonds. The predicted octanol–water partition coefficient (Wildman–Crippen LogP) is 4.26. The Kier molecular flexibility index (Phi) is 10.4. The molecule has 2 fully saturated rings. The molecule has 0 bridgehead atoms. The number of fused-ring (bicyclic) bond motifs is 3. The first-order valence-corrected chi connectivity index (χ1v) is 19.6. The Balaban J connectivity index is 1.33. The molecule has 15 heteroatoms. The van der Waals surface area contributed by atoms with E-state index in [4.69, 9.17) is 19.4 Å². The van der Waals surface area contributed by atoms with Gasteiger partial charge in [0, 0.05) is 56.5 Å². The molecule has 3 aromatic rings. The Morgan fingerprint density at radius 2 is 1.90 bits per heavy atom. The summed E-state index contributed by atoms with van der Waals surface area (Å²) in [7, 11) is 1.88. The van der Waals surface area contributed by atoms with Gasteiger partial charge in [0.1, 0.15) is 33.8 Å². The van der Waals surface area contributed by atoms with Gasteiger partial charge >= 0.3 is 10.2 Å². The van der Waals surface area contributed by atoms with Crippen LogP contribution in [0.1, 0.15) is 64.0 Å². The number of methoxy groups -OCH3 is 1. The van der Waals surface area contributed by atoms with Crippen molar-refractivity contribution in [2.24, 2.45) is 17.8 Å². The molecule has 2 aliphatic carbocycles. The minimum absolute atomic E-state index is 0.163. The Morgan fingerprint density at radius 1 is 1.14 bits per heavy atom. The lowest BCUT2D eigenvalue weighted by Gasteiger charge is -2.27. The number of carbonyl (C=O) groups excluding carboxylic acids is 3. The predicted molar refractivity (Wildman–Crippen MR) is 194 cm³/mol. The molecular formula is C36H46N6O7S2. The third-order valence-corrected chi connectivity index (χ3v) is 12.4. The van der Waals surface area contributed by atoms with E-state index in [1.165, 1.54) is 25.4 Å². The Labute approximate surface area is 303 Å². The average molecular weight is 739 g/mol. The lowest BCUT2D eigenvalue weighted by molar-refractivity contribution is -0.140. The highest BCUT2D eigenvalue weighted by Crippen LogP contribution is 2.47. The smallest absolute Gasteiger partial charge is 0.303 e. The van der Waals surface area contributed by atoms with Gasteiger partial charge in [-0.05, 0) is 56.6 Å². The Bertz CT molecular complexity index is 1960. The third kappa shape index (κ3) is 7.61. The van der Waals surface area contributed by atoms with Gasteiger partial charge in [0.2, 0.25) is 11.8 Å². The van der Waals surface area contributed by atoms with Gasteiger partial charge in [-0.3, -0.25) is 14.4 Å². The maximum atomic E-state index is 14.2. The van der Waals surface area contributed by atoms with Gasteiger partial charge in [-0.2, -0.15) is 12.7 Å². The summed E-state index contributed by atoms with van der Waals surface area (Å²) in [5.41, 5.74) is 0.814. The highest BCUT2D eigenvalue weighted by molar-refractivity contribution is 7.87. The Hall–Kier alpha value is -4.08. The molecule has 51 heavy (non-hydrogen) atoms. The van der Waals surface area contributed by atoms with Crippen LogP contribution >= 0.6 is 11.3 Å². The number of thiazole rings is 1. The summed E-state index contributed by atoms with van der Waals surface area (Å²) in [4.78, 5) is 53.1. The van der Waals surface area contributed by atoms with Crippen LogP contribution in [-0.4, -0.2) is 91.8 Å². The molecule has 5 atom stereocenters. The van der Waals surface area contributed by atoms with Crippen molar-refractivity contribution in [3.05, 3.63) is 47.5 Å². The zero-order valence-electron chi connectivity index (χ0n) is 29.8. The van der Waals surface area contributed by atoms with Crippen molar-refractivity contribution in [3.8, 4) is 22.2 Å². The number of amides is 3. The summed E-state index contributed by atoms with van der Waals surface area (Å²) in [6.45, 7) is 4.72. The number of allylic oxidation sites excluding steroid dienone is 1. The molecule has 6 rings (SSSR count). The largest absolute Gasteiger partial charge is 0.497 e. The van der Waals surface area contributed by atoms with E-state index in [2.05, 4.69) is 23.9 Å². The molecule has 0 saturated heterocycles. The van der Waals surface area contributed by atoms with Crippen LogP contribution in [-0.2, 0) is 24.6 Å². The number of aromatic nitrogens is 2. The molecule has 3 aliphatic rings. The number of rotatable bonds is 8. The molecule has 3 heterocycles. The second-order valence-electron chi connectivity index (χ2n) is 14.2. The minimum Gasteiger partial charge on any atom is -0.497 e. The molecule has 274 valence electrons. The van der Waals surface area contributed by atoms with Gasteiger partial charge in [-0.1, -0.05) is 26.0 Å². The van der Waals surface area contributed by atoms with E-state index in [0.717, 1.165) is 39.7 Å². The Morgan fingerprint density at radius 3 is 2.61 bits per heavy atom. The molecule has 0 spiro atoms. The fourth-order valence-corrected chi connectivity index (χ4v) is 8.41. The summed E-state index contributed by atoms with van der Waals surface area (Å²) >= 11 is 1.50. The van der Waals surface area contributed by atoms with Crippen LogP contribution in [0.25, 0.3) is 21.6 Å². The fraction of sp³-hybridized carbons (Fsp3) is 0.528. The lowest BCUT2D eigenvalue weighted by atomic mass is 9.93. The molecule has 2 N–H and O–H groups in total. The monoisotopic (exact) mass is 738 g/mol. The van der Waals surface area contributed by atoms with Crippen molar-refractivity contribution in [3.63, 3.8) is 0 Å². The van der Waals surface area contributed by atoms with E-state index in [1.54, 1.807) is 19.1 Å². The van der Waals surface area contributed by atoms with Gasteiger partial charge in [0.05, 0.1) is 30.2 Å². The lowest BCUT2D eigenvalue weighted by Crippen LogP contribution is -2.55. The van der Waals surface area contributed by atoms with Gasteiger partial charge in [-0.25, -0.2) is 14.7 Å². The number of hydrogen-bond donors (Lipinski definition) is 2. The number of pyridine rings is 1. The zero-order valence-corrected chi connectivity index (χ0v) is 31.5. The molecule has 2 aromatic heterocycles. The average Bonchev–Trinajstić information content (AvgIpc) is 3.38. The van der Waals surface area contributed by atoms with Crippen molar-refractivity contribution < 1.29 is 32.3 Å². The summed E-state index contributed by atoms with van der Waals surface area (Å²) < 4.78 is 40.5. The number of hydrogen-bond acceptors (Lipinski definition) is 10. The van der Waals surface area contributed by atoms with Crippen LogP contribution in [0.4, 0.5) is 0 Å². The van der Waals surface area contributed by atoms with Gasteiger partial charge < -0.3 is 19.7 Å². The molecule has 2 saturated carbocycles. The van der Waals surface area contributed by atoms with Crippen molar-refractivity contribution in [1.82, 2.24) is 29.2 Å². The minimum atomic E-state index is -4.10. The number of nitrogens with one attached hydrogen (secondary N) is 2. The van der Waals surface area contributed by atoms with Crippen LogP contribution in [0.2, 0.25) is 0 Å². The topological polar surface area (TPSA) is 160 Å². The van der Waals surface area contributed by atoms with Crippen molar-refractivity contribution in [1.29, 1.82) is 0 Å². The number of ether oxygens (including phenoxy) is 2. The highest BCUT2D eigenvalue weighted by Gasteiger charge is 2.62. The third-order valence-electron chi connectivity index (χ3n) is 10.1. The zero-order chi connectivity index (χ0) is 36.7. The van der Waals surface area contributed by atoms with Crippen molar-refractivity contribution in [2.45, 2.75) is 69.9 Å². The first kappa shape index (κ1) is 36.7. The van der Waals surface area contributed by atoms with Gasteiger partial charge in [0.15, 0.2) is 0 Å². The highest BCUT2D eigenvalue weighted by atomic mass is 32.2. The normalized spacial score (nSPS) is 26.3. The standard InChI is InChI=1S/C36H46N6O7S2/c1-21(2)30-20-50-33(38-30)29-18-31(25-13-12-23(48-6)17-28(25)37-29)49-24-15-26-27(16-24)34(44)42(5)14-10-8-7-9-11-22-19-36(22,39-32(26)43)35(45)40-51(46,47)41(3)4/h9,11-13,17-18,20-22,24,26-27H,7-8,10,14-16,19H2,1-6H3,(H,39,43)(H,40,45)/b11-9-/t22-,24+,26+,27+,36-/m0/s1. The van der Waals surface area contributed by atoms with E-state index in [-0.39, 0.29) is 37.0 Å². The molecular weight excluding hydrogens is 693 g/mol. The van der Waals surface area contributed by atoms with Crippen molar-refractivity contribution >= 4 is 50.2 Å². The van der Waals surface area contributed by atoms with Crippen LogP contribution < -0.4 is 19.5 Å². The molecule has 13 nitrogen and oxygen atoms in total. The first-order chi connectivity index (χ1) is 24.2. The van der Waals surface area contributed by atoms with Crippen LogP contribution in [0.5, 0.6) is 11.5 Å². The van der Waals surface area contributed by atoms with Gasteiger partial charge in [0.25, 0.3) is 5.91 Å². The first-order valence-electron chi connectivity index (χ1n) is 17.3. The molecule has 1 aromatic carbocycles. The summed E-state index contributed by atoms with van der Waals surface area (Å²) in [5, 5.41) is 6.43. The maximum Gasteiger partial charge on any atom is 0.303 e.